The van der Waals surface area contributed by atoms with Gasteiger partial charge in [-0.1, -0.05) is 11.6 Å². The van der Waals surface area contributed by atoms with Crippen molar-refractivity contribution in [2.45, 2.75) is 0 Å². The molecule has 0 saturated carbocycles. The molecule has 5 N–H and O–H groups in total. The maximum atomic E-state index is 6.04. The third-order valence-corrected chi connectivity index (χ3v) is 2.82. The number of rotatable bonds is 3. The van der Waals surface area contributed by atoms with E-state index in [0.717, 1.165) is 11.4 Å². The first-order chi connectivity index (χ1) is 8.60. The minimum absolute atomic E-state index is 0.541. The fourth-order valence-electron chi connectivity index (χ4n) is 1.56. The van der Waals surface area contributed by atoms with E-state index in [1.165, 1.54) is 0 Å². The molecule has 2 rings (SSSR count). The van der Waals surface area contributed by atoms with Gasteiger partial charge in [0.05, 0.1) is 23.5 Å². The zero-order valence-electron chi connectivity index (χ0n) is 9.91. The summed E-state index contributed by atoms with van der Waals surface area (Å²) in [7, 11) is 1.58. The summed E-state index contributed by atoms with van der Waals surface area (Å²) in [5, 5.41) is 3.74. The molecule has 5 heteroatoms. The normalized spacial score (nSPS) is 10.1. The highest BCUT2D eigenvalue weighted by molar-refractivity contribution is 6.32. The van der Waals surface area contributed by atoms with Crippen LogP contribution >= 0.6 is 11.6 Å². The van der Waals surface area contributed by atoms with Gasteiger partial charge in [0.1, 0.15) is 5.75 Å². The Kier molecular flexibility index (Phi) is 3.48. The van der Waals surface area contributed by atoms with Crippen LogP contribution in [0.5, 0.6) is 5.75 Å². The number of nitrogens with one attached hydrogen (secondary N) is 1. The van der Waals surface area contributed by atoms with Gasteiger partial charge < -0.3 is 21.5 Å². The fraction of sp³-hybridized carbons (Fsp3) is 0.0769. The first-order valence-electron chi connectivity index (χ1n) is 5.35. The Morgan fingerprint density at radius 2 is 1.67 bits per heavy atom. The molecule has 0 bridgehead atoms. The van der Waals surface area contributed by atoms with Crippen LogP contribution in [0.4, 0.5) is 22.7 Å². The molecule has 4 nitrogen and oxygen atoms in total. The van der Waals surface area contributed by atoms with Gasteiger partial charge in [0, 0.05) is 11.4 Å². The van der Waals surface area contributed by atoms with Crippen LogP contribution in [0.3, 0.4) is 0 Å². The molecule has 0 aromatic heterocycles. The molecule has 94 valence electrons. The van der Waals surface area contributed by atoms with Gasteiger partial charge >= 0.3 is 0 Å². The van der Waals surface area contributed by atoms with Crippen molar-refractivity contribution < 1.29 is 4.74 Å². The Bertz CT molecular complexity index is 572. The van der Waals surface area contributed by atoms with Gasteiger partial charge in [-0.2, -0.15) is 0 Å². The molecule has 0 heterocycles. The van der Waals surface area contributed by atoms with Gasteiger partial charge in [-0.25, -0.2) is 0 Å². The first-order valence-corrected chi connectivity index (χ1v) is 5.73. The van der Waals surface area contributed by atoms with E-state index in [1.807, 2.05) is 12.1 Å². The van der Waals surface area contributed by atoms with Crippen LogP contribution in [-0.2, 0) is 0 Å². The van der Waals surface area contributed by atoms with Crippen molar-refractivity contribution in [2.75, 3.05) is 23.9 Å². The number of nitrogens with two attached hydrogens (primary N) is 2. The van der Waals surface area contributed by atoms with E-state index in [9.17, 15) is 0 Å². The summed E-state index contributed by atoms with van der Waals surface area (Å²) in [6.07, 6.45) is 0. The first kappa shape index (κ1) is 12.4. The van der Waals surface area contributed by atoms with Gasteiger partial charge in [0.15, 0.2) is 0 Å². The highest BCUT2D eigenvalue weighted by atomic mass is 35.5. The van der Waals surface area contributed by atoms with E-state index in [4.69, 9.17) is 27.8 Å². The van der Waals surface area contributed by atoms with Gasteiger partial charge in [-0.15, -0.1) is 0 Å². The molecule has 0 atom stereocenters. The molecule has 2 aromatic carbocycles. The van der Waals surface area contributed by atoms with Crippen molar-refractivity contribution in [1.29, 1.82) is 0 Å². The smallest absolute Gasteiger partial charge is 0.137 e. The van der Waals surface area contributed by atoms with Gasteiger partial charge in [-0.05, 0) is 36.4 Å². The molecule has 0 amide bonds. The summed E-state index contributed by atoms with van der Waals surface area (Å²) in [5.41, 5.74) is 14.2. The molecule has 0 aliphatic rings. The summed E-state index contributed by atoms with van der Waals surface area (Å²) in [6.45, 7) is 0. The molecule has 18 heavy (non-hydrogen) atoms. The molecule has 0 unspecified atom stereocenters. The number of halogens is 1. The van der Waals surface area contributed by atoms with Crippen molar-refractivity contribution in [1.82, 2.24) is 0 Å². The minimum atomic E-state index is 0.541. The average molecular weight is 264 g/mol. The lowest BCUT2D eigenvalue weighted by Gasteiger charge is -2.10. The Hall–Kier alpha value is -2.07. The van der Waals surface area contributed by atoms with Crippen molar-refractivity contribution in [3.63, 3.8) is 0 Å². The SMILES string of the molecule is COc1ccc(Nc2ccc(N)c(N)c2)cc1Cl. The topological polar surface area (TPSA) is 73.3 Å². The van der Waals surface area contributed by atoms with Crippen molar-refractivity contribution >= 4 is 34.4 Å². The number of methoxy groups -OCH3 is 1. The van der Waals surface area contributed by atoms with E-state index in [-0.39, 0.29) is 0 Å². The standard InChI is InChI=1S/C13H14ClN3O/c1-18-13-5-3-8(6-10(13)14)17-9-2-4-11(15)12(16)7-9/h2-7,17H,15-16H2,1H3. The number of nitrogen functional groups attached to an aromatic ring is 2. The number of ether oxygens (including phenoxy) is 1. The van der Waals surface area contributed by atoms with E-state index >= 15 is 0 Å². The van der Waals surface area contributed by atoms with Crippen LogP contribution < -0.4 is 21.5 Å². The Morgan fingerprint density at radius 1 is 1.00 bits per heavy atom. The molecule has 2 aromatic rings. The quantitative estimate of drug-likeness (QED) is 0.743. The monoisotopic (exact) mass is 263 g/mol. The highest BCUT2D eigenvalue weighted by Crippen LogP contribution is 2.29. The van der Waals surface area contributed by atoms with Gasteiger partial charge in [0.25, 0.3) is 0 Å². The highest BCUT2D eigenvalue weighted by Gasteiger charge is 2.03. The predicted octanol–water partition coefficient (Wildman–Crippen LogP) is 3.26. The molecule has 0 spiro atoms. The minimum Gasteiger partial charge on any atom is -0.495 e. The van der Waals surface area contributed by atoms with Crippen LogP contribution in [0, 0.1) is 0 Å². The number of anilines is 4. The van der Waals surface area contributed by atoms with E-state index in [1.54, 1.807) is 31.4 Å². The lowest BCUT2D eigenvalue weighted by atomic mass is 10.2. The Balaban J connectivity index is 2.23. The van der Waals surface area contributed by atoms with Crippen molar-refractivity contribution in [3.05, 3.63) is 41.4 Å². The number of hydrogen-bond donors (Lipinski definition) is 3. The van der Waals surface area contributed by atoms with E-state index < -0.39 is 0 Å². The maximum Gasteiger partial charge on any atom is 0.137 e. The molecule has 0 radical (unpaired) electrons. The summed E-state index contributed by atoms with van der Waals surface area (Å²) < 4.78 is 5.09. The second kappa shape index (κ2) is 5.06. The average Bonchev–Trinajstić information content (AvgIpc) is 2.34. The van der Waals surface area contributed by atoms with Crippen molar-refractivity contribution in [3.8, 4) is 5.75 Å². The number of benzene rings is 2. The van der Waals surface area contributed by atoms with Gasteiger partial charge in [0.2, 0.25) is 0 Å². The molecular formula is C13H14ClN3O. The second-order valence-electron chi connectivity index (χ2n) is 3.82. The molecule has 0 aliphatic heterocycles. The Labute approximate surface area is 110 Å². The maximum absolute atomic E-state index is 6.04. The third kappa shape index (κ3) is 2.60. The summed E-state index contributed by atoms with van der Waals surface area (Å²) in [5.74, 6) is 0.638. The summed E-state index contributed by atoms with van der Waals surface area (Å²) >= 11 is 6.04. The zero-order chi connectivity index (χ0) is 13.1. The lowest BCUT2D eigenvalue weighted by Crippen LogP contribution is -1.97. The second-order valence-corrected chi connectivity index (χ2v) is 4.23. The molecule has 0 aliphatic carbocycles. The van der Waals surface area contributed by atoms with Crippen LogP contribution in [0.15, 0.2) is 36.4 Å². The summed E-state index contributed by atoms with van der Waals surface area (Å²) in [4.78, 5) is 0. The third-order valence-electron chi connectivity index (χ3n) is 2.53. The Morgan fingerprint density at radius 3 is 2.28 bits per heavy atom. The van der Waals surface area contributed by atoms with Gasteiger partial charge in [-0.3, -0.25) is 0 Å². The van der Waals surface area contributed by atoms with E-state index in [2.05, 4.69) is 5.32 Å². The zero-order valence-corrected chi connectivity index (χ0v) is 10.7. The fourth-order valence-corrected chi connectivity index (χ4v) is 1.82. The van der Waals surface area contributed by atoms with E-state index in [0.29, 0.717) is 22.1 Å². The predicted molar refractivity (Wildman–Crippen MR) is 76.6 cm³/mol. The van der Waals surface area contributed by atoms with Crippen LogP contribution in [0.25, 0.3) is 0 Å². The molecular weight excluding hydrogens is 250 g/mol. The van der Waals surface area contributed by atoms with Crippen LogP contribution in [-0.4, -0.2) is 7.11 Å². The number of hydrogen-bond acceptors (Lipinski definition) is 4. The largest absolute Gasteiger partial charge is 0.495 e. The lowest BCUT2D eigenvalue weighted by molar-refractivity contribution is 0.415. The van der Waals surface area contributed by atoms with Crippen LogP contribution in [0.1, 0.15) is 0 Å². The van der Waals surface area contributed by atoms with Crippen molar-refractivity contribution in [2.24, 2.45) is 0 Å². The van der Waals surface area contributed by atoms with Crippen LogP contribution in [0.2, 0.25) is 5.02 Å². The summed E-state index contributed by atoms with van der Waals surface area (Å²) in [6, 6.07) is 10.8. The molecule has 0 saturated heterocycles. The molecule has 0 fully saturated rings.